The Morgan fingerprint density at radius 3 is 2.16 bits per heavy atom. The molecular weight excluding hydrogens is 291 g/mol. The molecule has 2 aromatic rings. The molecule has 0 saturated carbocycles. The molecule has 19 heavy (non-hydrogen) atoms. The summed E-state index contributed by atoms with van der Waals surface area (Å²) in [5, 5.41) is 0.199. The molecular formula is C14H11Cl2F2N. The van der Waals surface area contributed by atoms with Crippen molar-refractivity contribution < 1.29 is 8.78 Å². The van der Waals surface area contributed by atoms with Gasteiger partial charge in [-0.05, 0) is 42.3 Å². The van der Waals surface area contributed by atoms with Crippen LogP contribution in [0.4, 0.5) is 8.78 Å². The number of benzene rings is 2. The van der Waals surface area contributed by atoms with Gasteiger partial charge in [-0.1, -0.05) is 35.3 Å². The van der Waals surface area contributed by atoms with Crippen LogP contribution in [0.25, 0.3) is 0 Å². The van der Waals surface area contributed by atoms with Crippen molar-refractivity contribution in [1.29, 1.82) is 0 Å². The van der Waals surface area contributed by atoms with Gasteiger partial charge in [0.2, 0.25) is 0 Å². The number of hydrogen-bond donors (Lipinski definition) is 1. The Labute approximate surface area is 119 Å². The van der Waals surface area contributed by atoms with Gasteiger partial charge < -0.3 is 5.73 Å². The molecule has 0 aliphatic rings. The van der Waals surface area contributed by atoms with Gasteiger partial charge in [0, 0.05) is 5.02 Å². The zero-order chi connectivity index (χ0) is 14.2. The third-order valence-corrected chi connectivity index (χ3v) is 3.62. The Hall–Kier alpha value is -1.16. The van der Waals surface area contributed by atoms with Crippen molar-refractivity contribution in [2.75, 3.05) is 0 Å². The zero-order valence-corrected chi connectivity index (χ0v) is 11.6. The lowest BCUT2D eigenvalue weighted by Crippen LogP contribution is -2.34. The summed E-state index contributed by atoms with van der Waals surface area (Å²) in [4.78, 5) is 0. The number of nitrogens with two attached hydrogens (primary N) is 1. The zero-order valence-electron chi connectivity index (χ0n) is 10.1. The van der Waals surface area contributed by atoms with Gasteiger partial charge in [-0.3, -0.25) is 0 Å². The largest absolute Gasteiger partial charge is 0.318 e. The van der Waals surface area contributed by atoms with Crippen molar-refractivity contribution in [3.8, 4) is 0 Å². The van der Waals surface area contributed by atoms with Gasteiger partial charge in [-0.25, -0.2) is 8.78 Å². The van der Waals surface area contributed by atoms with Crippen LogP contribution in [0, 0.1) is 11.6 Å². The van der Waals surface area contributed by atoms with Crippen LogP contribution < -0.4 is 5.73 Å². The molecule has 1 atom stereocenters. The lowest BCUT2D eigenvalue weighted by molar-refractivity contribution is 0.577. The molecule has 100 valence electrons. The third-order valence-electron chi connectivity index (χ3n) is 3.01. The summed E-state index contributed by atoms with van der Waals surface area (Å²) in [6.45, 7) is 1.68. The first-order chi connectivity index (χ1) is 8.82. The van der Waals surface area contributed by atoms with Crippen LogP contribution >= 0.6 is 23.2 Å². The van der Waals surface area contributed by atoms with Gasteiger partial charge in [-0.2, -0.15) is 0 Å². The minimum atomic E-state index is -1.05. The fourth-order valence-corrected chi connectivity index (χ4v) is 2.45. The highest BCUT2D eigenvalue weighted by atomic mass is 35.5. The lowest BCUT2D eigenvalue weighted by atomic mass is 9.85. The fraction of sp³-hybridized carbons (Fsp3) is 0.143. The molecule has 0 aliphatic heterocycles. The number of halogens is 4. The summed E-state index contributed by atoms with van der Waals surface area (Å²) in [5.41, 5.74) is 6.18. The molecule has 0 aromatic heterocycles. The predicted octanol–water partition coefficient (Wildman–Crippen LogP) is 4.49. The van der Waals surface area contributed by atoms with Gasteiger partial charge in [0.15, 0.2) is 0 Å². The van der Waals surface area contributed by atoms with Crippen LogP contribution in [0.2, 0.25) is 10.0 Å². The first kappa shape index (κ1) is 14.3. The summed E-state index contributed by atoms with van der Waals surface area (Å²) in [5.74, 6) is -0.965. The van der Waals surface area contributed by atoms with Crippen LogP contribution in [0.3, 0.4) is 0 Å². The van der Waals surface area contributed by atoms with Crippen molar-refractivity contribution in [1.82, 2.24) is 0 Å². The highest BCUT2D eigenvalue weighted by molar-refractivity contribution is 6.35. The minimum absolute atomic E-state index is 0.0661. The van der Waals surface area contributed by atoms with Crippen LogP contribution in [-0.4, -0.2) is 0 Å². The molecule has 1 unspecified atom stereocenters. The van der Waals surface area contributed by atoms with Gasteiger partial charge in [-0.15, -0.1) is 0 Å². The molecule has 0 spiro atoms. The maximum atomic E-state index is 13.6. The average molecular weight is 302 g/mol. The standard InChI is InChI=1S/C14H11Cl2F2N/c1-14(19,8-2-4-9(17)5-3-8)10-6-13(18)12(16)7-11(10)15/h2-7H,19H2,1H3. The fourth-order valence-electron chi connectivity index (χ4n) is 1.87. The first-order valence-corrected chi connectivity index (χ1v) is 6.28. The van der Waals surface area contributed by atoms with E-state index in [0.717, 1.165) is 0 Å². The second-order valence-electron chi connectivity index (χ2n) is 4.46. The highest BCUT2D eigenvalue weighted by Gasteiger charge is 2.27. The van der Waals surface area contributed by atoms with Crippen LogP contribution in [0.15, 0.2) is 36.4 Å². The molecule has 2 rings (SSSR count). The molecule has 0 bridgehead atoms. The summed E-state index contributed by atoms with van der Waals surface area (Å²) in [6.07, 6.45) is 0. The van der Waals surface area contributed by atoms with E-state index in [4.69, 9.17) is 28.9 Å². The van der Waals surface area contributed by atoms with Crippen molar-refractivity contribution in [2.45, 2.75) is 12.5 Å². The molecule has 1 nitrogen and oxygen atoms in total. The smallest absolute Gasteiger partial charge is 0.142 e. The van der Waals surface area contributed by atoms with Crippen LogP contribution in [-0.2, 0) is 5.54 Å². The van der Waals surface area contributed by atoms with E-state index in [1.54, 1.807) is 6.92 Å². The van der Waals surface area contributed by atoms with Crippen molar-refractivity contribution >= 4 is 23.2 Å². The molecule has 0 saturated heterocycles. The van der Waals surface area contributed by atoms with E-state index in [1.165, 1.54) is 36.4 Å². The van der Waals surface area contributed by atoms with E-state index in [1.807, 2.05) is 0 Å². The van der Waals surface area contributed by atoms with E-state index >= 15 is 0 Å². The molecule has 0 aliphatic carbocycles. The van der Waals surface area contributed by atoms with Gasteiger partial charge in [0.05, 0.1) is 10.6 Å². The molecule has 0 fully saturated rings. The molecule has 0 heterocycles. The van der Waals surface area contributed by atoms with Crippen LogP contribution in [0.1, 0.15) is 18.1 Å². The van der Waals surface area contributed by atoms with E-state index in [9.17, 15) is 8.78 Å². The molecule has 5 heteroatoms. The Morgan fingerprint density at radius 2 is 1.58 bits per heavy atom. The van der Waals surface area contributed by atoms with E-state index in [-0.39, 0.29) is 15.9 Å². The maximum Gasteiger partial charge on any atom is 0.142 e. The van der Waals surface area contributed by atoms with Gasteiger partial charge >= 0.3 is 0 Å². The Balaban J connectivity index is 2.55. The molecule has 2 aromatic carbocycles. The van der Waals surface area contributed by atoms with E-state index in [0.29, 0.717) is 11.1 Å². The van der Waals surface area contributed by atoms with Gasteiger partial charge in [0.1, 0.15) is 11.6 Å². The number of rotatable bonds is 2. The SMILES string of the molecule is CC(N)(c1ccc(F)cc1)c1cc(F)c(Cl)cc1Cl. The summed E-state index contributed by atoms with van der Waals surface area (Å²) in [6, 6.07) is 8.17. The first-order valence-electron chi connectivity index (χ1n) is 5.52. The summed E-state index contributed by atoms with van der Waals surface area (Å²) < 4.78 is 26.5. The van der Waals surface area contributed by atoms with Gasteiger partial charge in [0.25, 0.3) is 0 Å². The quantitative estimate of drug-likeness (QED) is 0.812. The summed E-state index contributed by atoms with van der Waals surface area (Å²) in [7, 11) is 0. The second kappa shape index (κ2) is 5.08. The summed E-state index contributed by atoms with van der Waals surface area (Å²) >= 11 is 11.7. The van der Waals surface area contributed by atoms with Crippen LogP contribution in [0.5, 0.6) is 0 Å². The minimum Gasteiger partial charge on any atom is -0.318 e. The third kappa shape index (κ3) is 2.73. The van der Waals surface area contributed by atoms with E-state index in [2.05, 4.69) is 0 Å². The molecule has 0 radical (unpaired) electrons. The Morgan fingerprint density at radius 1 is 1.00 bits per heavy atom. The maximum absolute atomic E-state index is 13.6. The predicted molar refractivity (Wildman–Crippen MR) is 73.5 cm³/mol. The molecule has 2 N–H and O–H groups in total. The Kier molecular flexibility index (Phi) is 3.81. The lowest BCUT2D eigenvalue weighted by Gasteiger charge is -2.27. The monoisotopic (exact) mass is 301 g/mol. The number of hydrogen-bond acceptors (Lipinski definition) is 1. The van der Waals surface area contributed by atoms with Crippen molar-refractivity contribution in [3.63, 3.8) is 0 Å². The molecule has 0 amide bonds. The Bertz CT molecular complexity index is 610. The highest BCUT2D eigenvalue weighted by Crippen LogP contribution is 2.34. The topological polar surface area (TPSA) is 26.0 Å². The normalized spacial score (nSPS) is 14.2. The van der Waals surface area contributed by atoms with Crippen molar-refractivity contribution in [3.05, 3.63) is 69.2 Å². The average Bonchev–Trinajstić information content (AvgIpc) is 2.34. The second-order valence-corrected chi connectivity index (χ2v) is 5.27. The van der Waals surface area contributed by atoms with E-state index < -0.39 is 11.4 Å². The van der Waals surface area contributed by atoms with Crippen molar-refractivity contribution in [2.24, 2.45) is 5.73 Å².